The number of aromatic hydroxyl groups is 1. The summed E-state index contributed by atoms with van der Waals surface area (Å²) in [5, 5.41) is 9.27. The van der Waals surface area contributed by atoms with E-state index in [1.807, 2.05) is 0 Å². The van der Waals surface area contributed by atoms with E-state index in [0.717, 1.165) is 0 Å². The van der Waals surface area contributed by atoms with Crippen molar-refractivity contribution in [3.8, 4) is 5.75 Å². The second-order valence-electron chi connectivity index (χ2n) is 4.64. The van der Waals surface area contributed by atoms with Crippen molar-refractivity contribution >= 4 is 15.7 Å². The van der Waals surface area contributed by atoms with Crippen LogP contribution in [-0.2, 0) is 14.8 Å². The second kappa shape index (κ2) is 5.13. The lowest BCUT2D eigenvalue weighted by molar-refractivity contribution is 0.141. The summed E-state index contributed by atoms with van der Waals surface area (Å²) in [7, 11) is -2.21. The summed E-state index contributed by atoms with van der Waals surface area (Å²) in [5.74, 6) is -0.148. The molecule has 1 aromatic carbocycles. The molecule has 0 aliphatic heterocycles. The lowest BCUT2D eigenvalue weighted by atomic mass is 10.1. The lowest BCUT2D eigenvalue weighted by Gasteiger charge is -2.25. The largest absolute Gasteiger partial charge is 0.506 e. The molecular weight excluding hydrogens is 256 g/mol. The highest BCUT2D eigenvalue weighted by Gasteiger charge is 2.26. The number of phenols is 1. The Bertz CT molecular complexity index is 526. The summed E-state index contributed by atoms with van der Waals surface area (Å²) in [6.45, 7) is 3.65. The van der Waals surface area contributed by atoms with E-state index in [-0.39, 0.29) is 22.9 Å². The summed E-state index contributed by atoms with van der Waals surface area (Å²) in [4.78, 5) is 0.00183. The van der Waals surface area contributed by atoms with E-state index in [1.165, 1.54) is 25.3 Å². The summed E-state index contributed by atoms with van der Waals surface area (Å²) in [5.41, 5.74) is 4.75. The standard InChI is InChI=1S/C11H18N2O4S/c1-11(2,7-17-3)13-18(15,16)8-4-5-10(14)9(12)6-8/h4-6,13-14H,7,12H2,1-3H3. The molecule has 0 saturated heterocycles. The number of ether oxygens (including phenoxy) is 1. The number of phenolic OH excluding ortho intramolecular Hbond substituents is 1. The molecule has 0 spiro atoms. The number of benzene rings is 1. The van der Waals surface area contributed by atoms with Crippen molar-refractivity contribution < 1.29 is 18.3 Å². The summed E-state index contributed by atoms with van der Waals surface area (Å²) in [6.07, 6.45) is 0. The van der Waals surface area contributed by atoms with Gasteiger partial charge in [0.25, 0.3) is 0 Å². The van der Waals surface area contributed by atoms with Crippen molar-refractivity contribution in [1.29, 1.82) is 0 Å². The SMILES string of the molecule is COCC(C)(C)NS(=O)(=O)c1ccc(O)c(N)c1. The maximum absolute atomic E-state index is 12.1. The third-order valence-electron chi connectivity index (χ3n) is 2.23. The molecule has 0 unspecified atom stereocenters. The molecule has 0 radical (unpaired) electrons. The zero-order valence-electron chi connectivity index (χ0n) is 10.6. The minimum Gasteiger partial charge on any atom is -0.506 e. The number of nitrogens with two attached hydrogens (primary N) is 1. The van der Waals surface area contributed by atoms with E-state index in [2.05, 4.69) is 4.72 Å². The first kappa shape index (κ1) is 14.7. The van der Waals surface area contributed by atoms with Gasteiger partial charge in [0.2, 0.25) is 10.0 Å². The van der Waals surface area contributed by atoms with Gasteiger partial charge in [0.05, 0.1) is 22.7 Å². The predicted octanol–water partition coefficient (Wildman–Crippen LogP) is 0.678. The van der Waals surface area contributed by atoms with Gasteiger partial charge in [-0.1, -0.05) is 0 Å². The van der Waals surface area contributed by atoms with Gasteiger partial charge < -0.3 is 15.6 Å². The zero-order chi connectivity index (χ0) is 14.0. The summed E-state index contributed by atoms with van der Waals surface area (Å²) < 4.78 is 31.6. The number of nitrogens with one attached hydrogen (secondary N) is 1. The predicted molar refractivity (Wildman–Crippen MR) is 68.8 cm³/mol. The Morgan fingerprint density at radius 3 is 2.56 bits per heavy atom. The maximum atomic E-state index is 12.1. The molecule has 0 amide bonds. The van der Waals surface area contributed by atoms with Gasteiger partial charge in [-0.2, -0.15) is 0 Å². The van der Waals surface area contributed by atoms with Crippen molar-refractivity contribution in [2.45, 2.75) is 24.3 Å². The van der Waals surface area contributed by atoms with Crippen molar-refractivity contribution in [1.82, 2.24) is 4.72 Å². The Hall–Kier alpha value is -1.31. The number of sulfonamides is 1. The molecule has 0 fully saturated rings. The Balaban J connectivity index is 3.03. The van der Waals surface area contributed by atoms with Crippen LogP contribution in [-0.4, -0.2) is 32.8 Å². The fraction of sp³-hybridized carbons (Fsp3) is 0.455. The normalized spacial score (nSPS) is 12.6. The van der Waals surface area contributed by atoms with Crippen LogP contribution >= 0.6 is 0 Å². The van der Waals surface area contributed by atoms with Gasteiger partial charge in [-0.15, -0.1) is 0 Å². The average molecular weight is 274 g/mol. The summed E-state index contributed by atoms with van der Waals surface area (Å²) in [6, 6.07) is 3.74. The molecule has 18 heavy (non-hydrogen) atoms. The Kier molecular flexibility index (Phi) is 4.20. The number of hydrogen-bond acceptors (Lipinski definition) is 5. The molecule has 4 N–H and O–H groups in total. The van der Waals surface area contributed by atoms with Gasteiger partial charge >= 0.3 is 0 Å². The highest BCUT2D eigenvalue weighted by Crippen LogP contribution is 2.23. The molecule has 1 aromatic rings. The highest BCUT2D eigenvalue weighted by atomic mass is 32.2. The molecular formula is C11H18N2O4S. The van der Waals surface area contributed by atoms with Gasteiger partial charge in [0.1, 0.15) is 5.75 Å². The summed E-state index contributed by atoms with van der Waals surface area (Å²) >= 11 is 0. The van der Waals surface area contributed by atoms with E-state index in [4.69, 9.17) is 10.5 Å². The number of methoxy groups -OCH3 is 1. The molecule has 0 aromatic heterocycles. The smallest absolute Gasteiger partial charge is 0.241 e. The molecule has 0 heterocycles. The van der Waals surface area contributed by atoms with E-state index >= 15 is 0 Å². The van der Waals surface area contributed by atoms with Crippen LogP contribution in [0.4, 0.5) is 5.69 Å². The first-order valence-electron chi connectivity index (χ1n) is 5.29. The molecule has 0 bridgehead atoms. The average Bonchev–Trinajstić information content (AvgIpc) is 2.20. The third kappa shape index (κ3) is 3.59. The van der Waals surface area contributed by atoms with Crippen LogP contribution in [0.2, 0.25) is 0 Å². The molecule has 1 rings (SSSR count). The Morgan fingerprint density at radius 1 is 1.44 bits per heavy atom. The first-order valence-corrected chi connectivity index (χ1v) is 6.78. The van der Waals surface area contributed by atoms with Gasteiger partial charge in [0.15, 0.2) is 0 Å². The third-order valence-corrected chi connectivity index (χ3v) is 3.92. The maximum Gasteiger partial charge on any atom is 0.241 e. The van der Waals surface area contributed by atoms with Gasteiger partial charge in [-0.3, -0.25) is 0 Å². The topological polar surface area (TPSA) is 102 Å². The number of rotatable bonds is 5. The minimum atomic E-state index is -3.70. The minimum absolute atomic E-state index is 0.00183. The molecule has 0 saturated carbocycles. The van der Waals surface area contributed by atoms with Crippen LogP contribution in [0.15, 0.2) is 23.1 Å². The van der Waals surface area contributed by atoms with Crippen LogP contribution in [0.3, 0.4) is 0 Å². The Labute approximate surface area is 107 Å². The fourth-order valence-corrected chi connectivity index (χ4v) is 2.95. The van der Waals surface area contributed by atoms with Crippen molar-refractivity contribution in [2.75, 3.05) is 19.5 Å². The number of hydrogen-bond donors (Lipinski definition) is 3. The molecule has 7 heteroatoms. The monoisotopic (exact) mass is 274 g/mol. The van der Waals surface area contributed by atoms with Crippen molar-refractivity contribution in [3.63, 3.8) is 0 Å². The van der Waals surface area contributed by atoms with Crippen LogP contribution in [0, 0.1) is 0 Å². The van der Waals surface area contributed by atoms with E-state index in [9.17, 15) is 13.5 Å². The molecule has 0 aliphatic carbocycles. The van der Waals surface area contributed by atoms with Crippen LogP contribution < -0.4 is 10.5 Å². The zero-order valence-corrected chi connectivity index (χ0v) is 11.4. The van der Waals surface area contributed by atoms with E-state index in [0.29, 0.717) is 0 Å². The molecule has 0 atom stereocenters. The molecule has 0 aliphatic rings. The fourth-order valence-electron chi connectivity index (χ4n) is 1.51. The second-order valence-corrected chi connectivity index (χ2v) is 6.33. The lowest BCUT2D eigenvalue weighted by Crippen LogP contribution is -2.46. The number of anilines is 1. The van der Waals surface area contributed by atoms with Crippen LogP contribution in [0.5, 0.6) is 5.75 Å². The Morgan fingerprint density at radius 2 is 2.06 bits per heavy atom. The molecule has 6 nitrogen and oxygen atoms in total. The van der Waals surface area contributed by atoms with Gasteiger partial charge in [-0.05, 0) is 32.0 Å². The van der Waals surface area contributed by atoms with Gasteiger partial charge in [0, 0.05) is 7.11 Å². The van der Waals surface area contributed by atoms with Crippen LogP contribution in [0.1, 0.15) is 13.8 Å². The van der Waals surface area contributed by atoms with E-state index in [1.54, 1.807) is 13.8 Å². The first-order chi connectivity index (χ1) is 8.18. The molecule has 102 valence electrons. The highest BCUT2D eigenvalue weighted by molar-refractivity contribution is 7.89. The van der Waals surface area contributed by atoms with Crippen molar-refractivity contribution in [3.05, 3.63) is 18.2 Å². The number of nitrogen functional groups attached to an aromatic ring is 1. The van der Waals surface area contributed by atoms with Crippen molar-refractivity contribution in [2.24, 2.45) is 0 Å². The quantitative estimate of drug-likeness (QED) is 0.541. The van der Waals surface area contributed by atoms with Crippen LogP contribution in [0.25, 0.3) is 0 Å². The van der Waals surface area contributed by atoms with Gasteiger partial charge in [-0.25, -0.2) is 13.1 Å². The van der Waals surface area contributed by atoms with E-state index < -0.39 is 15.6 Å².